The maximum absolute atomic E-state index is 4.27. The largest absolute Gasteiger partial charge is 0.310 e. The Balaban J connectivity index is 2.19. The average molecular weight is 247 g/mol. The van der Waals surface area contributed by atoms with Gasteiger partial charge in [0, 0.05) is 16.7 Å². The van der Waals surface area contributed by atoms with Crippen LogP contribution in [0.4, 0.5) is 0 Å². The molecule has 1 N–H and O–H groups in total. The predicted octanol–water partition coefficient (Wildman–Crippen LogP) is 3.74. The highest BCUT2D eigenvalue weighted by molar-refractivity contribution is 7.99. The Hall–Kier alpha value is -0.730. The molecule has 1 aromatic carbocycles. The van der Waals surface area contributed by atoms with Crippen molar-refractivity contribution in [2.75, 3.05) is 12.3 Å². The molecular formula is C15H21NS. The van der Waals surface area contributed by atoms with E-state index in [0.29, 0.717) is 6.04 Å². The Labute approximate surface area is 109 Å². The number of nitrogens with one attached hydrogen (secondary N) is 1. The van der Waals surface area contributed by atoms with E-state index >= 15 is 0 Å². The number of hydrogen-bond donors (Lipinski definition) is 1. The van der Waals surface area contributed by atoms with Crippen molar-refractivity contribution in [3.63, 3.8) is 0 Å². The van der Waals surface area contributed by atoms with Gasteiger partial charge in [-0.2, -0.15) is 0 Å². The lowest BCUT2D eigenvalue weighted by Crippen LogP contribution is -2.28. The Morgan fingerprint density at radius 2 is 2.29 bits per heavy atom. The van der Waals surface area contributed by atoms with E-state index in [1.165, 1.54) is 33.8 Å². The zero-order valence-electron chi connectivity index (χ0n) is 10.8. The molecule has 1 unspecified atom stereocenters. The number of aryl methyl sites for hydroxylation is 1. The van der Waals surface area contributed by atoms with Crippen molar-refractivity contribution >= 4 is 17.3 Å². The number of benzene rings is 1. The summed E-state index contributed by atoms with van der Waals surface area (Å²) in [6.45, 7) is 9.62. The second-order valence-electron chi connectivity index (χ2n) is 4.46. The van der Waals surface area contributed by atoms with Crippen molar-refractivity contribution in [2.24, 2.45) is 0 Å². The molecule has 2 heteroatoms. The molecule has 0 radical (unpaired) electrons. The molecule has 1 aliphatic rings. The molecule has 0 aromatic heterocycles. The summed E-state index contributed by atoms with van der Waals surface area (Å²) in [5, 5.41) is 3.49. The first kappa shape index (κ1) is 12.7. The number of thioether (sulfide) groups is 1. The van der Waals surface area contributed by atoms with Crippen LogP contribution in [0.1, 0.15) is 31.4 Å². The molecule has 2 rings (SSSR count). The molecule has 0 saturated heterocycles. The van der Waals surface area contributed by atoms with Crippen LogP contribution in [-0.2, 0) is 6.42 Å². The summed E-state index contributed by atoms with van der Waals surface area (Å²) >= 11 is 1.97. The van der Waals surface area contributed by atoms with Crippen molar-refractivity contribution in [2.45, 2.75) is 37.6 Å². The average Bonchev–Trinajstić information content (AvgIpc) is 2.82. The molecule has 1 aromatic rings. The number of likely N-dealkylation sites (N-methyl/N-ethyl adjacent to an activating group) is 1. The van der Waals surface area contributed by atoms with Gasteiger partial charge in [0.15, 0.2) is 0 Å². The first-order chi connectivity index (χ1) is 8.26. The van der Waals surface area contributed by atoms with E-state index in [1.807, 2.05) is 11.8 Å². The van der Waals surface area contributed by atoms with Crippen LogP contribution in [0, 0.1) is 0 Å². The van der Waals surface area contributed by atoms with Crippen molar-refractivity contribution in [1.29, 1.82) is 0 Å². The third kappa shape index (κ3) is 2.75. The maximum Gasteiger partial charge on any atom is 0.0317 e. The van der Waals surface area contributed by atoms with Crippen LogP contribution in [0.3, 0.4) is 0 Å². The first-order valence-corrected chi connectivity index (χ1v) is 7.43. The number of rotatable bonds is 5. The number of hydrogen-bond acceptors (Lipinski definition) is 2. The van der Waals surface area contributed by atoms with E-state index in [9.17, 15) is 0 Å². The van der Waals surface area contributed by atoms with Crippen LogP contribution in [0.5, 0.6) is 0 Å². The standard InChI is InChI=1S/C15H21NS/c1-4-14(16-5-2)11(3)13-7-6-12-8-9-17-15(12)10-13/h6-7,10,14,16H,3-5,8-9H2,1-2H3. The van der Waals surface area contributed by atoms with E-state index in [1.54, 1.807) is 0 Å². The van der Waals surface area contributed by atoms with Crippen LogP contribution in [-0.4, -0.2) is 18.3 Å². The Kier molecular flexibility index (Phi) is 4.30. The van der Waals surface area contributed by atoms with Crippen LogP contribution < -0.4 is 5.32 Å². The van der Waals surface area contributed by atoms with Crippen LogP contribution in [0.25, 0.3) is 5.57 Å². The molecule has 1 nitrogen and oxygen atoms in total. The summed E-state index contributed by atoms with van der Waals surface area (Å²) in [5.41, 5.74) is 4.03. The minimum absolute atomic E-state index is 0.407. The smallest absolute Gasteiger partial charge is 0.0317 e. The molecule has 1 atom stereocenters. The lowest BCUT2D eigenvalue weighted by molar-refractivity contribution is 0.612. The van der Waals surface area contributed by atoms with Gasteiger partial charge < -0.3 is 5.32 Å². The van der Waals surface area contributed by atoms with Gasteiger partial charge in [-0.1, -0.05) is 32.6 Å². The van der Waals surface area contributed by atoms with Gasteiger partial charge in [0.25, 0.3) is 0 Å². The molecular weight excluding hydrogens is 226 g/mol. The zero-order valence-corrected chi connectivity index (χ0v) is 11.6. The third-order valence-corrected chi connectivity index (χ3v) is 4.45. The molecule has 1 heterocycles. The van der Waals surface area contributed by atoms with Crippen LogP contribution in [0.15, 0.2) is 29.7 Å². The summed E-state index contributed by atoms with van der Waals surface area (Å²) < 4.78 is 0. The monoisotopic (exact) mass is 247 g/mol. The first-order valence-electron chi connectivity index (χ1n) is 6.44. The highest BCUT2D eigenvalue weighted by Crippen LogP contribution is 2.33. The lowest BCUT2D eigenvalue weighted by Gasteiger charge is -2.19. The summed E-state index contributed by atoms with van der Waals surface area (Å²) in [6, 6.07) is 7.22. The van der Waals surface area contributed by atoms with Crippen molar-refractivity contribution in [3.05, 3.63) is 35.9 Å². The van der Waals surface area contributed by atoms with E-state index in [-0.39, 0.29) is 0 Å². The fraction of sp³-hybridized carbons (Fsp3) is 0.467. The molecule has 0 spiro atoms. The summed E-state index contributed by atoms with van der Waals surface area (Å²) in [5.74, 6) is 1.23. The SMILES string of the molecule is C=C(c1ccc2c(c1)SCC2)C(CC)NCC. The second kappa shape index (κ2) is 5.74. The normalized spacial score (nSPS) is 15.6. The van der Waals surface area contributed by atoms with Gasteiger partial charge in [-0.25, -0.2) is 0 Å². The summed E-state index contributed by atoms with van der Waals surface area (Å²) in [6.07, 6.45) is 2.31. The Morgan fingerprint density at radius 1 is 1.47 bits per heavy atom. The number of fused-ring (bicyclic) bond motifs is 1. The minimum atomic E-state index is 0.407. The van der Waals surface area contributed by atoms with Gasteiger partial charge in [0.1, 0.15) is 0 Å². The van der Waals surface area contributed by atoms with Crippen LogP contribution in [0.2, 0.25) is 0 Å². The van der Waals surface area contributed by atoms with E-state index in [2.05, 4.69) is 43.9 Å². The minimum Gasteiger partial charge on any atom is -0.310 e. The molecule has 92 valence electrons. The highest BCUT2D eigenvalue weighted by atomic mass is 32.2. The molecule has 17 heavy (non-hydrogen) atoms. The molecule has 0 aliphatic carbocycles. The van der Waals surface area contributed by atoms with Crippen molar-refractivity contribution in [3.8, 4) is 0 Å². The van der Waals surface area contributed by atoms with Crippen LogP contribution >= 0.6 is 11.8 Å². The zero-order chi connectivity index (χ0) is 12.3. The molecule has 0 saturated carbocycles. The lowest BCUT2D eigenvalue weighted by atomic mass is 9.97. The molecule has 0 bridgehead atoms. The van der Waals surface area contributed by atoms with Gasteiger partial charge in [-0.05, 0) is 42.2 Å². The van der Waals surface area contributed by atoms with Gasteiger partial charge in [0.2, 0.25) is 0 Å². The van der Waals surface area contributed by atoms with E-state index in [0.717, 1.165) is 13.0 Å². The van der Waals surface area contributed by atoms with E-state index in [4.69, 9.17) is 0 Å². The quantitative estimate of drug-likeness (QED) is 0.850. The summed E-state index contributed by atoms with van der Waals surface area (Å²) in [7, 11) is 0. The van der Waals surface area contributed by atoms with Gasteiger partial charge >= 0.3 is 0 Å². The highest BCUT2D eigenvalue weighted by Gasteiger charge is 2.15. The van der Waals surface area contributed by atoms with Gasteiger partial charge in [0.05, 0.1) is 0 Å². The van der Waals surface area contributed by atoms with Gasteiger partial charge in [-0.3, -0.25) is 0 Å². The van der Waals surface area contributed by atoms with Crippen molar-refractivity contribution < 1.29 is 0 Å². The topological polar surface area (TPSA) is 12.0 Å². The van der Waals surface area contributed by atoms with E-state index < -0.39 is 0 Å². The molecule has 0 amide bonds. The Morgan fingerprint density at radius 3 is 3.00 bits per heavy atom. The van der Waals surface area contributed by atoms with Gasteiger partial charge in [-0.15, -0.1) is 11.8 Å². The molecule has 0 fully saturated rings. The fourth-order valence-corrected chi connectivity index (χ4v) is 3.44. The fourth-order valence-electron chi connectivity index (χ4n) is 2.33. The Bertz CT molecular complexity index is 411. The summed E-state index contributed by atoms with van der Waals surface area (Å²) in [4.78, 5) is 1.45. The van der Waals surface area contributed by atoms with Crippen molar-refractivity contribution in [1.82, 2.24) is 5.32 Å². The maximum atomic E-state index is 4.27. The second-order valence-corrected chi connectivity index (χ2v) is 5.60. The molecule has 1 aliphatic heterocycles. The third-order valence-electron chi connectivity index (χ3n) is 3.35. The predicted molar refractivity (Wildman–Crippen MR) is 77.7 cm³/mol.